The van der Waals surface area contributed by atoms with Crippen LogP contribution in [-0.4, -0.2) is 10.9 Å². The Hall–Kier alpha value is -2.27. The van der Waals surface area contributed by atoms with E-state index in [0.717, 1.165) is 5.56 Å². The van der Waals surface area contributed by atoms with Gasteiger partial charge in [0.15, 0.2) is 0 Å². The van der Waals surface area contributed by atoms with Crippen LogP contribution in [0.3, 0.4) is 0 Å². The van der Waals surface area contributed by atoms with Crippen molar-refractivity contribution >= 4 is 5.91 Å². The molecule has 0 saturated heterocycles. The fraction of sp³-hybridized carbons (Fsp3) is 0.143. The van der Waals surface area contributed by atoms with Gasteiger partial charge in [0, 0.05) is 36.6 Å². The van der Waals surface area contributed by atoms with Crippen molar-refractivity contribution in [2.75, 3.05) is 0 Å². The summed E-state index contributed by atoms with van der Waals surface area (Å²) in [5.41, 5.74) is 6.89. The van der Waals surface area contributed by atoms with Crippen LogP contribution in [-0.2, 0) is 13.1 Å². The van der Waals surface area contributed by atoms with Crippen LogP contribution in [0.2, 0.25) is 0 Å². The van der Waals surface area contributed by atoms with Gasteiger partial charge in [-0.1, -0.05) is 6.07 Å². The average Bonchev–Trinajstić information content (AvgIpc) is 2.42. The highest BCUT2D eigenvalue weighted by molar-refractivity contribution is 5.92. The van der Waals surface area contributed by atoms with Crippen LogP contribution in [0.25, 0.3) is 0 Å². The maximum atomic E-state index is 13.6. The zero-order valence-corrected chi connectivity index (χ0v) is 10.3. The number of rotatable bonds is 5. The highest BCUT2D eigenvalue weighted by atomic mass is 19.1. The molecular formula is C14H14FN3O. The Balaban J connectivity index is 1.99. The van der Waals surface area contributed by atoms with Crippen molar-refractivity contribution in [1.29, 1.82) is 0 Å². The highest BCUT2D eigenvalue weighted by Crippen LogP contribution is 2.10. The molecule has 2 aromatic rings. The summed E-state index contributed by atoms with van der Waals surface area (Å²) in [5, 5.41) is 3.09. The number of hydrogen-bond acceptors (Lipinski definition) is 3. The van der Waals surface area contributed by atoms with E-state index in [1.54, 1.807) is 12.4 Å². The Kier molecular flexibility index (Phi) is 4.20. The second-order valence-corrected chi connectivity index (χ2v) is 4.14. The van der Waals surface area contributed by atoms with Gasteiger partial charge in [-0.3, -0.25) is 9.78 Å². The summed E-state index contributed by atoms with van der Waals surface area (Å²) in [6.07, 6.45) is 3.43. The third kappa shape index (κ3) is 3.59. The highest BCUT2D eigenvalue weighted by Gasteiger charge is 2.06. The van der Waals surface area contributed by atoms with E-state index in [1.165, 1.54) is 18.2 Å². The normalized spacial score (nSPS) is 10.4. The maximum Gasteiger partial charge on any atom is 0.248 e. The molecule has 98 valence electrons. The van der Waals surface area contributed by atoms with Crippen molar-refractivity contribution in [3.8, 4) is 0 Å². The number of nitrogens with two attached hydrogens (primary N) is 1. The van der Waals surface area contributed by atoms with Gasteiger partial charge in [0.05, 0.1) is 0 Å². The monoisotopic (exact) mass is 259 g/mol. The number of primary amides is 1. The number of aromatic nitrogens is 1. The van der Waals surface area contributed by atoms with Gasteiger partial charge in [0.2, 0.25) is 5.91 Å². The molecule has 1 amide bonds. The van der Waals surface area contributed by atoms with Gasteiger partial charge in [0.1, 0.15) is 5.82 Å². The molecule has 0 spiro atoms. The van der Waals surface area contributed by atoms with Crippen molar-refractivity contribution in [1.82, 2.24) is 10.3 Å². The molecule has 0 radical (unpaired) electrons. The van der Waals surface area contributed by atoms with Gasteiger partial charge < -0.3 is 11.1 Å². The largest absolute Gasteiger partial charge is 0.366 e. The topological polar surface area (TPSA) is 68.0 Å². The quantitative estimate of drug-likeness (QED) is 0.857. The fourth-order valence-corrected chi connectivity index (χ4v) is 1.71. The minimum absolute atomic E-state index is 0.305. The minimum Gasteiger partial charge on any atom is -0.366 e. The van der Waals surface area contributed by atoms with E-state index in [9.17, 15) is 9.18 Å². The first-order valence-corrected chi connectivity index (χ1v) is 5.84. The van der Waals surface area contributed by atoms with E-state index < -0.39 is 5.91 Å². The Morgan fingerprint density at radius 3 is 2.84 bits per heavy atom. The molecule has 0 aliphatic carbocycles. The number of carbonyl (C=O) groups is 1. The van der Waals surface area contributed by atoms with Crippen LogP contribution < -0.4 is 11.1 Å². The number of hydrogen-bond donors (Lipinski definition) is 2. The third-order valence-electron chi connectivity index (χ3n) is 2.70. The Bertz CT molecular complexity index is 572. The lowest BCUT2D eigenvalue weighted by atomic mass is 10.1. The maximum absolute atomic E-state index is 13.6. The van der Waals surface area contributed by atoms with Gasteiger partial charge in [-0.25, -0.2) is 4.39 Å². The van der Waals surface area contributed by atoms with Crippen molar-refractivity contribution in [3.63, 3.8) is 0 Å². The summed E-state index contributed by atoms with van der Waals surface area (Å²) in [5.74, 6) is -0.919. The Morgan fingerprint density at radius 2 is 2.16 bits per heavy atom. The van der Waals surface area contributed by atoms with Crippen molar-refractivity contribution in [3.05, 3.63) is 65.2 Å². The molecule has 19 heavy (non-hydrogen) atoms. The second-order valence-electron chi connectivity index (χ2n) is 4.14. The molecule has 0 saturated carbocycles. The van der Waals surface area contributed by atoms with E-state index in [2.05, 4.69) is 10.3 Å². The summed E-state index contributed by atoms with van der Waals surface area (Å²) in [4.78, 5) is 15.0. The zero-order valence-electron chi connectivity index (χ0n) is 10.3. The smallest absolute Gasteiger partial charge is 0.248 e. The molecule has 3 N–H and O–H groups in total. The minimum atomic E-state index is -0.562. The fourth-order valence-electron chi connectivity index (χ4n) is 1.71. The van der Waals surface area contributed by atoms with E-state index in [-0.39, 0.29) is 5.82 Å². The molecule has 2 rings (SSSR count). The van der Waals surface area contributed by atoms with Gasteiger partial charge in [-0.15, -0.1) is 0 Å². The van der Waals surface area contributed by atoms with Crippen molar-refractivity contribution in [2.45, 2.75) is 13.1 Å². The summed E-state index contributed by atoms with van der Waals surface area (Å²) in [6, 6.07) is 7.86. The first-order chi connectivity index (χ1) is 9.16. The number of halogens is 1. The molecule has 1 aromatic heterocycles. The molecule has 0 aliphatic rings. The first-order valence-electron chi connectivity index (χ1n) is 5.84. The van der Waals surface area contributed by atoms with Gasteiger partial charge in [-0.05, 0) is 29.8 Å². The molecule has 0 fully saturated rings. The summed E-state index contributed by atoms with van der Waals surface area (Å²) >= 11 is 0. The van der Waals surface area contributed by atoms with E-state index in [4.69, 9.17) is 5.73 Å². The molecule has 0 unspecified atom stereocenters. The first kappa shape index (κ1) is 13.2. The number of pyridine rings is 1. The van der Waals surface area contributed by atoms with Crippen LogP contribution in [0.1, 0.15) is 21.5 Å². The number of amides is 1. The standard InChI is InChI=1S/C14H14FN3O/c15-13-4-3-11(14(16)19)6-12(13)9-18-8-10-2-1-5-17-7-10/h1-7,18H,8-9H2,(H2,16,19). The molecule has 1 heterocycles. The van der Waals surface area contributed by atoms with Crippen LogP contribution in [0, 0.1) is 5.82 Å². The summed E-state index contributed by atoms with van der Waals surface area (Å²) in [7, 11) is 0. The predicted molar refractivity (Wildman–Crippen MR) is 69.7 cm³/mol. The van der Waals surface area contributed by atoms with E-state index in [0.29, 0.717) is 24.2 Å². The molecule has 0 aliphatic heterocycles. The Labute approximate surface area is 110 Å². The zero-order chi connectivity index (χ0) is 13.7. The van der Waals surface area contributed by atoms with Crippen LogP contribution in [0.15, 0.2) is 42.7 Å². The lowest BCUT2D eigenvalue weighted by molar-refractivity contribution is 0.1000. The summed E-state index contributed by atoms with van der Waals surface area (Å²) < 4.78 is 13.6. The number of nitrogens with zero attached hydrogens (tertiary/aromatic N) is 1. The summed E-state index contributed by atoms with van der Waals surface area (Å²) in [6.45, 7) is 0.899. The molecule has 0 bridgehead atoms. The van der Waals surface area contributed by atoms with Crippen LogP contribution in [0.4, 0.5) is 4.39 Å². The second kappa shape index (κ2) is 6.06. The third-order valence-corrected chi connectivity index (χ3v) is 2.70. The number of nitrogens with one attached hydrogen (secondary N) is 1. The van der Waals surface area contributed by atoms with Gasteiger partial charge in [-0.2, -0.15) is 0 Å². The SMILES string of the molecule is NC(=O)c1ccc(F)c(CNCc2cccnc2)c1. The number of carbonyl (C=O) groups excluding carboxylic acids is 1. The van der Waals surface area contributed by atoms with Crippen LogP contribution >= 0.6 is 0 Å². The van der Waals surface area contributed by atoms with E-state index >= 15 is 0 Å². The van der Waals surface area contributed by atoms with Gasteiger partial charge in [0.25, 0.3) is 0 Å². The average molecular weight is 259 g/mol. The van der Waals surface area contributed by atoms with Crippen LogP contribution in [0.5, 0.6) is 0 Å². The molecule has 5 heteroatoms. The molecule has 1 aromatic carbocycles. The predicted octanol–water partition coefficient (Wildman–Crippen LogP) is 1.61. The molecular weight excluding hydrogens is 245 g/mol. The van der Waals surface area contributed by atoms with Crippen molar-refractivity contribution < 1.29 is 9.18 Å². The molecule has 0 atom stereocenters. The Morgan fingerprint density at radius 1 is 1.32 bits per heavy atom. The molecule has 4 nitrogen and oxygen atoms in total. The lowest BCUT2D eigenvalue weighted by Gasteiger charge is -2.07. The number of benzene rings is 1. The van der Waals surface area contributed by atoms with Gasteiger partial charge >= 0.3 is 0 Å². The lowest BCUT2D eigenvalue weighted by Crippen LogP contribution is -2.16. The van der Waals surface area contributed by atoms with E-state index in [1.807, 2.05) is 12.1 Å². The van der Waals surface area contributed by atoms with Crippen molar-refractivity contribution in [2.24, 2.45) is 5.73 Å².